The lowest BCUT2D eigenvalue weighted by Gasteiger charge is -2.44. The zero-order valence-corrected chi connectivity index (χ0v) is 38.1. The number of nitrogens with zero attached hydrogens (tertiary/aromatic N) is 2. The van der Waals surface area contributed by atoms with Gasteiger partial charge in [0.15, 0.2) is 0 Å². The first-order valence-corrected chi connectivity index (χ1v) is 22.8. The van der Waals surface area contributed by atoms with Crippen molar-refractivity contribution < 1.29 is 0 Å². The summed E-state index contributed by atoms with van der Waals surface area (Å²) < 4.78 is 2.82. The quantitative estimate of drug-likeness (QED) is 0.165. The Morgan fingerprint density at radius 3 is 2.03 bits per heavy atom. The first kappa shape index (κ1) is 38.4. The maximum absolute atomic E-state index is 2.66. The number of aryl methyl sites for hydroxylation is 1. The molecule has 0 bridgehead atoms. The smallest absolute Gasteiger partial charge is 0.264 e. The fourth-order valence-corrected chi connectivity index (χ4v) is 11.8. The summed E-state index contributed by atoms with van der Waals surface area (Å²) in [6.07, 6.45) is 9.41. The lowest BCUT2D eigenvalue weighted by Crippen LogP contribution is -2.61. The standard InChI is InChI=1S/C55H59BN2S/c1-13-33-28-46-49-47(29-33)58(38-25-20-35(21-26-38)53(5,6)7)50-41-31-40-39-16-14-15-17-42(39)55(11,12)43(40)32-48(41)59-51(50)56(49)44-30-36(54(8,9)10)22-27-45(44)57(46)37-23-18-34(19-24-37)52(2,3)4/h14-18,20-32,34H,13,19H2,1-12H3. The highest BCUT2D eigenvalue weighted by Crippen LogP contribution is 2.54. The van der Waals surface area contributed by atoms with Crippen molar-refractivity contribution in [3.63, 3.8) is 0 Å². The molecule has 2 aliphatic heterocycles. The van der Waals surface area contributed by atoms with E-state index in [2.05, 4.69) is 202 Å². The van der Waals surface area contributed by atoms with E-state index in [9.17, 15) is 0 Å². The molecule has 0 spiro atoms. The molecule has 0 radical (unpaired) electrons. The number of allylic oxidation sites excluding steroid dienone is 3. The Hall–Kier alpha value is -4.80. The zero-order valence-electron chi connectivity index (χ0n) is 37.3. The normalized spacial score (nSPS) is 17.7. The average Bonchev–Trinajstić information content (AvgIpc) is 3.67. The monoisotopic (exact) mass is 790 g/mol. The van der Waals surface area contributed by atoms with Crippen LogP contribution in [0, 0.1) is 11.3 Å². The minimum atomic E-state index is -0.0635. The Balaban J connectivity index is 1.30. The lowest BCUT2D eigenvalue weighted by molar-refractivity contribution is 0.293. The predicted octanol–water partition coefficient (Wildman–Crippen LogP) is 13.6. The molecule has 0 fully saturated rings. The summed E-state index contributed by atoms with van der Waals surface area (Å²) in [5.41, 5.74) is 20.6. The third kappa shape index (κ3) is 5.79. The highest BCUT2D eigenvalue weighted by molar-refractivity contribution is 7.33. The molecule has 0 saturated heterocycles. The van der Waals surface area contributed by atoms with Crippen LogP contribution in [0.3, 0.4) is 0 Å². The first-order valence-electron chi connectivity index (χ1n) is 22.0. The molecular formula is C55H59BN2S. The van der Waals surface area contributed by atoms with Crippen LogP contribution in [0.4, 0.5) is 28.4 Å². The largest absolute Gasteiger partial charge is 0.312 e. The molecule has 6 aromatic rings. The molecule has 10 rings (SSSR count). The molecule has 0 N–H and O–H groups in total. The summed E-state index contributed by atoms with van der Waals surface area (Å²) in [6, 6.07) is 36.2. The van der Waals surface area contributed by atoms with Crippen LogP contribution in [0.2, 0.25) is 0 Å². The molecule has 5 aromatic carbocycles. The fourth-order valence-electron chi connectivity index (χ4n) is 10.5. The lowest BCUT2D eigenvalue weighted by atomic mass is 9.36. The minimum Gasteiger partial charge on any atom is -0.312 e. The Morgan fingerprint density at radius 1 is 0.712 bits per heavy atom. The molecule has 1 aromatic heterocycles. The van der Waals surface area contributed by atoms with E-state index in [1.54, 1.807) is 0 Å². The number of benzene rings is 5. The highest BCUT2D eigenvalue weighted by Gasteiger charge is 2.47. The fraction of sp³-hybridized carbons (Fsp3) is 0.345. The molecule has 298 valence electrons. The molecular weight excluding hydrogens is 731 g/mol. The molecule has 4 heteroatoms. The number of fused-ring (bicyclic) bond motifs is 9. The van der Waals surface area contributed by atoms with Gasteiger partial charge in [-0.2, -0.15) is 0 Å². The topological polar surface area (TPSA) is 6.48 Å². The van der Waals surface area contributed by atoms with Crippen LogP contribution in [0.5, 0.6) is 0 Å². The summed E-state index contributed by atoms with van der Waals surface area (Å²) in [6.45, 7) is 28.4. The summed E-state index contributed by atoms with van der Waals surface area (Å²) >= 11 is 2.03. The molecule has 1 unspecified atom stereocenters. The average molecular weight is 791 g/mol. The van der Waals surface area contributed by atoms with Crippen molar-refractivity contribution in [3.8, 4) is 11.1 Å². The number of anilines is 5. The molecule has 59 heavy (non-hydrogen) atoms. The molecule has 2 nitrogen and oxygen atoms in total. The summed E-state index contributed by atoms with van der Waals surface area (Å²) in [7, 11) is 0. The molecule has 0 saturated carbocycles. The van der Waals surface area contributed by atoms with E-state index in [-0.39, 0.29) is 28.4 Å². The number of hydrogen-bond donors (Lipinski definition) is 0. The maximum Gasteiger partial charge on any atom is 0.264 e. The van der Waals surface area contributed by atoms with Crippen molar-refractivity contribution in [2.75, 3.05) is 9.80 Å². The zero-order chi connectivity index (χ0) is 41.6. The predicted molar refractivity (Wildman–Crippen MR) is 259 cm³/mol. The van der Waals surface area contributed by atoms with Gasteiger partial charge >= 0.3 is 0 Å². The van der Waals surface area contributed by atoms with Gasteiger partial charge in [0.25, 0.3) is 6.71 Å². The van der Waals surface area contributed by atoms with E-state index in [0.717, 1.165) is 12.8 Å². The van der Waals surface area contributed by atoms with Crippen molar-refractivity contribution in [1.29, 1.82) is 0 Å². The van der Waals surface area contributed by atoms with Gasteiger partial charge in [0.1, 0.15) is 0 Å². The third-order valence-corrected chi connectivity index (χ3v) is 15.3. The van der Waals surface area contributed by atoms with Crippen molar-refractivity contribution in [2.24, 2.45) is 11.3 Å². The van der Waals surface area contributed by atoms with Gasteiger partial charge in [-0.25, -0.2) is 0 Å². The Labute approximate surface area is 357 Å². The number of hydrogen-bond acceptors (Lipinski definition) is 3. The van der Waals surface area contributed by atoms with E-state index < -0.39 is 0 Å². The second kappa shape index (κ2) is 12.9. The third-order valence-electron chi connectivity index (χ3n) is 14.1. The summed E-state index contributed by atoms with van der Waals surface area (Å²) in [5.74, 6) is 0.508. The summed E-state index contributed by atoms with van der Waals surface area (Å²) in [4.78, 5) is 5.28. The van der Waals surface area contributed by atoms with Crippen molar-refractivity contribution in [2.45, 2.75) is 112 Å². The Morgan fingerprint density at radius 2 is 1.39 bits per heavy atom. The van der Waals surface area contributed by atoms with E-state index in [1.807, 2.05) is 11.3 Å². The van der Waals surface area contributed by atoms with Crippen LogP contribution in [-0.2, 0) is 22.7 Å². The molecule has 4 aliphatic rings. The highest BCUT2D eigenvalue weighted by atomic mass is 32.1. The van der Waals surface area contributed by atoms with Gasteiger partial charge in [0, 0.05) is 48.7 Å². The molecule has 1 atom stereocenters. The molecule has 2 aliphatic carbocycles. The summed E-state index contributed by atoms with van der Waals surface area (Å²) in [5, 5.41) is 1.35. The Bertz CT molecular complexity index is 2770. The maximum atomic E-state index is 2.66. The van der Waals surface area contributed by atoms with Crippen LogP contribution < -0.4 is 25.5 Å². The molecule has 3 heterocycles. The minimum absolute atomic E-state index is 0.0112. The Kier molecular flexibility index (Phi) is 8.37. The van der Waals surface area contributed by atoms with Gasteiger partial charge in [-0.05, 0) is 133 Å². The second-order valence-corrected chi connectivity index (χ2v) is 22.5. The van der Waals surface area contributed by atoms with Gasteiger partial charge in [-0.1, -0.05) is 144 Å². The van der Waals surface area contributed by atoms with Crippen molar-refractivity contribution in [3.05, 3.63) is 143 Å². The van der Waals surface area contributed by atoms with Crippen LogP contribution in [-0.4, -0.2) is 6.71 Å². The molecule has 0 amide bonds. The van der Waals surface area contributed by atoms with Crippen LogP contribution in [0.1, 0.15) is 117 Å². The van der Waals surface area contributed by atoms with Gasteiger partial charge in [-0.3, -0.25) is 0 Å². The van der Waals surface area contributed by atoms with E-state index in [0.29, 0.717) is 5.92 Å². The van der Waals surface area contributed by atoms with E-state index in [1.165, 1.54) is 98.9 Å². The van der Waals surface area contributed by atoms with Gasteiger partial charge < -0.3 is 9.80 Å². The van der Waals surface area contributed by atoms with Gasteiger partial charge in [0.05, 0.1) is 5.69 Å². The van der Waals surface area contributed by atoms with Crippen molar-refractivity contribution in [1.82, 2.24) is 0 Å². The van der Waals surface area contributed by atoms with Gasteiger partial charge in [0.2, 0.25) is 0 Å². The second-order valence-electron chi connectivity index (χ2n) is 21.4. The van der Waals surface area contributed by atoms with Crippen LogP contribution in [0.25, 0.3) is 21.2 Å². The van der Waals surface area contributed by atoms with Crippen LogP contribution in [0.15, 0.2) is 115 Å². The first-order chi connectivity index (χ1) is 27.9. The van der Waals surface area contributed by atoms with Crippen molar-refractivity contribution >= 4 is 72.3 Å². The van der Waals surface area contributed by atoms with Crippen LogP contribution >= 0.6 is 11.3 Å². The SMILES string of the molecule is CCc1cc2c3c(c1)N(c1ccc(C(C)(C)C)cc1)c1c(sc4cc5c(cc14)-c1ccccc1C5(C)C)B3c1cc(C(C)(C)C)ccc1N2C1=CCC(C(C)(C)C)C=C1. The number of thiophene rings is 1. The van der Waals surface area contributed by atoms with E-state index >= 15 is 0 Å². The van der Waals surface area contributed by atoms with E-state index in [4.69, 9.17) is 0 Å². The number of rotatable bonds is 3. The van der Waals surface area contributed by atoms with Gasteiger partial charge in [-0.15, -0.1) is 11.3 Å².